The Labute approximate surface area is 92.1 Å². The molecule has 0 saturated carbocycles. The molecule has 0 radical (unpaired) electrons. The van der Waals surface area contributed by atoms with Crippen molar-refractivity contribution in [3.05, 3.63) is 41.7 Å². The van der Waals surface area contributed by atoms with Crippen LogP contribution in [0.3, 0.4) is 0 Å². The smallest absolute Gasteiger partial charge is 0.158 e. The Kier molecular flexibility index (Phi) is 2.80. The Bertz CT molecular complexity index is 455. The van der Waals surface area contributed by atoms with Crippen molar-refractivity contribution in [2.75, 3.05) is 5.43 Å². The van der Waals surface area contributed by atoms with Gasteiger partial charge in [0.1, 0.15) is 0 Å². The number of rotatable bonds is 2. The second-order valence-corrected chi connectivity index (χ2v) is 3.38. The minimum absolute atomic E-state index is 0.528. The maximum absolute atomic E-state index is 5.87. The molecule has 0 fully saturated rings. The van der Waals surface area contributed by atoms with Crippen LogP contribution in [0.25, 0.3) is 11.3 Å². The molecule has 2 rings (SSSR count). The van der Waals surface area contributed by atoms with Gasteiger partial charge in [0, 0.05) is 10.6 Å². The Morgan fingerprint density at radius 2 is 2.07 bits per heavy atom. The maximum Gasteiger partial charge on any atom is 0.158 e. The van der Waals surface area contributed by atoms with E-state index in [-0.39, 0.29) is 0 Å². The van der Waals surface area contributed by atoms with Crippen molar-refractivity contribution in [3.8, 4) is 11.3 Å². The molecule has 5 heteroatoms. The molecular formula is C10H9ClN4. The third-order valence-corrected chi connectivity index (χ3v) is 2.16. The number of anilines is 1. The monoisotopic (exact) mass is 220 g/mol. The molecule has 0 atom stereocenters. The lowest BCUT2D eigenvalue weighted by molar-refractivity contribution is 1.16. The fourth-order valence-corrected chi connectivity index (χ4v) is 1.39. The third-order valence-electron chi connectivity index (χ3n) is 1.92. The van der Waals surface area contributed by atoms with E-state index >= 15 is 0 Å². The number of aromatic nitrogens is 2. The molecule has 0 amide bonds. The van der Waals surface area contributed by atoms with Gasteiger partial charge in [-0.3, -0.25) is 4.98 Å². The van der Waals surface area contributed by atoms with E-state index in [9.17, 15) is 0 Å². The summed E-state index contributed by atoms with van der Waals surface area (Å²) in [6.07, 6.45) is 3.21. The predicted octanol–water partition coefficient (Wildman–Crippen LogP) is 2.08. The standard InChI is InChI=1S/C10H9ClN4/c11-8-3-1-2-7(4-8)9-5-14-10(15-12)6-13-9/h1-6H,12H2,(H,14,15). The number of nitrogen functional groups attached to an aromatic ring is 1. The van der Waals surface area contributed by atoms with Crippen LogP contribution in [0.2, 0.25) is 5.02 Å². The summed E-state index contributed by atoms with van der Waals surface area (Å²) < 4.78 is 0. The van der Waals surface area contributed by atoms with Crippen molar-refractivity contribution >= 4 is 17.4 Å². The van der Waals surface area contributed by atoms with E-state index in [1.165, 1.54) is 0 Å². The van der Waals surface area contributed by atoms with E-state index in [1.54, 1.807) is 12.4 Å². The van der Waals surface area contributed by atoms with Crippen LogP contribution in [-0.2, 0) is 0 Å². The molecule has 0 bridgehead atoms. The van der Waals surface area contributed by atoms with E-state index in [1.807, 2.05) is 24.3 Å². The molecule has 1 aromatic carbocycles. The molecule has 0 saturated heterocycles. The Morgan fingerprint density at radius 3 is 2.67 bits per heavy atom. The molecule has 0 aliphatic heterocycles. The SMILES string of the molecule is NNc1cnc(-c2cccc(Cl)c2)cn1. The zero-order chi connectivity index (χ0) is 10.7. The van der Waals surface area contributed by atoms with Crippen molar-refractivity contribution < 1.29 is 0 Å². The number of hydrogen-bond acceptors (Lipinski definition) is 4. The fourth-order valence-electron chi connectivity index (χ4n) is 1.20. The zero-order valence-electron chi connectivity index (χ0n) is 7.81. The van der Waals surface area contributed by atoms with E-state index < -0.39 is 0 Å². The van der Waals surface area contributed by atoms with Gasteiger partial charge in [-0.15, -0.1) is 0 Å². The lowest BCUT2D eigenvalue weighted by Gasteiger charge is -2.02. The highest BCUT2D eigenvalue weighted by Crippen LogP contribution is 2.20. The lowest BCUT2D eigenvalue weighted by atomic mass is 10.2. The highest BCUT2D eigenvalue weighted by molar-refractivity contribution is 6.30. The molecule has 4 nitrogen and oxygen atoms in total. The van der Waals surface area contributed by atoms with Crippen LogP contribution in [0.4, 0.5) is 5.82 Å². The summed E-state index contributed by atoms with van der Waals surface area (Å²) in [5.41, 5.74) is 4.11. The van der Waals surface area contributed by atoms with Gasteiger partial charge in [0.25, 0.3) is 0 Å². The third kappa shape index (κ3) is 2.23. The minimum atomic E-state index is 0.528. The van der Waals surface area contributed by atoms with Gasteiger partial charge in [-0.2, -0.15) is 0 Å². The highest BCUT2D eigenvalue weighted by Gasteiger charge is 2.00. The molecule has 76 valence electrons. The van der Waals surface area contributed by atoms with Crippen LogP contribution in [0.15, 0.2) is 36.7 Å². The topological polar surface area (TPSA) is 63.8 Å². The first-order chi connectivity index (χ1) is 7.29. The molecular weight excluding hydrogens is 212 g/mol. The first kappa shape index (κ1) is 9.89. The number of nitrogens with zero attached hydrogens (tertiary/aromatic N) is 2. The van der Waals surface area contributed by atoms with Crippen LogP contribution in [0.5, 0.6) is 0 Å². The normalized spacial score (nSPS) is 10.0. The van der Waals surface area contributed by atoms with E-state index in [2.05, 4.69) is 15.4 Å². The first-order valence-electron chi connectivity index (χ1n) is 4.34. The van der Waals surface area contributed by atoms with Crippen LogP contribution in [0, 0.1) is 0 Å². The summed E-state index contributed by atoms with van der Waals surface area (Å²) >= 11 is 5.87. The summed E-state index contributed by atoms with van der Waals surface area (Å²) in [7, 11) is 0. The largest absolute Gasteiger partial charge is 0.307 e. The predicted molar refractivity (Wildman–Crippen MR) is 60.3 cm³/mol. The van der Waals surface area contributed by atoms with Gasteiger partial charge >= 0.3 is 0 Å². The second kappa shape index (κ2) is 4.25. The number of halogens is 1. The Balaban J connectivity index is 2.37. The van der Waals surface area contributed by atoms with Crippen molar-refractivity contribution in [2.45, 2.75) is 0 Å². The van der Waals surface area contributed by atoms with Crippen molar-refractivity contribution in [3.63, 3.8) is 0 Å². The Morgan fingerprint density at radius 1 is 1.20 bits per heavy atom. The van der Waals surface area contributed by atoms with Gasteiger partial charge in [0.15, 0.2) is 5.82 Å². The number of nitrogens with two attached hydrogens (primary N) is 1. The summed E-state index contributed by atoms with van der Waals surface area (Å²) in [5.74, 6) is 5.72. The summed E-state index contributed by atoms with van der Waals surface area (Å²) in [5, 5.41) is 0.676. The summed E-state index contributed by atoms with van der Waals surface area (Å²) in [6.45, 7) is 0. The average Bonchev–Trinajstić information content (AvgIpc) is 2.29. The number of benzene rings is 1. The quantitative estimate of drug-likeness (QED) is 0.601. The van der Waals surface area contributed by atoms with Crippen LogP contribution < -0.4 is 11.3 Å². The summed E-state index contributed by atoms with van der Waals surface area (Å²) in [6, 6.07) is 7.44. The number of hydrazine groups is 1. The first-order valence-corrected chi connectivity index (χ1v) is 4.72. The van der Waals surface area contributed by atoms with E-state index in [0.29, 0.717) is 10.8 Å². The number of nitrogens with one attached hydrogen (secondary N) is 1. The van der Waals surface area contributed by atoms with Crippen molar-refractivity contribution in [1.82, 2.24) is 9.97 Å². The molecule has 0 aliphatic carbocycles. The molecule has 1 aromatic heterocycles. The van der Waals surface area contributed by atoms with E-state index in [4.69, 9.17) is 17.4 Å². The second-order valence-electron chi connectivity index (χ2n) is 2.94. The molecule has 15 heavy (non-hydrogen) atoms. The summed E-state index contributed by atoms with van der Waals surface area (Å²) in [4.78, 5) is 8.26. The Hall–Kier alpha value is -1.65. The molecule has 0 spiro atoms. The van der Waals surface area contributed by atoms with Gasteiger partial charge in [0.05, 0.1) is 18.1 Å². The lowest BCUT2D eigenvalue weighted by Crippen LogP contribution is -2.08. The van der Waals surface area contributed by atoms with Crippen LogP contribution >= 0.6 is 11.6 Å². The minimum Gasteiger partial charge on any atom is -0.307 e. The van der Waals surface area contributed by atoms with Gasteiger partial charge in [0.2, 0.25) is 0 Å². The van der Waals surface area contributed by atoms with E-state index in [0.717, 1.165) is 11.3 Å². The van der Waals surface area contributed by atoms with Crippen molar-refractivity contribution in [2.24, 2.45) is 5.84 Å². The van der Waals surface area contributed by atoms with Gasteiger partial charge in [-0.1, -0.05) is 23.7 Å². The molecule has 1 heterocycles. The molecule has 0 aliphatic rings. The zero-order valence-corrected chi connectivity index (χ0v) is 8.57. The maximum atomic E-state index is 5.87. The molecule has 2 aromatic rings. The van der Waals surface area contributed by atoms with Gasteiger partial charge in [-0.25, -0.2) is 10.8 Å². The van der Waals surface area contributed by atoms with Crippen LogP contribution in [-0.4, -0.2) is 9.97 Å². The van der Waals surface area contributed by atoms with Gasteiger partial charge in [-0.05, 0) is 12.1 Å². The van der Waals surface area contributed by atoms with Crippen molar-refractivity contribution in [1.29, 1.82) is 0 Å². The van der Waals surface area contributed by atoms with Crippen LogP contribution in [0.1, 0.15) is 0 Å². The number of hydrogen-bond donors (Lipinski definition) is 2. The molecule has 3 N–H and O–H groups in total. The van der Waals surface area contributed by atoms with Gasteiger partial charge < -0.3 is 5.43 Å². The molecule has 0 unspecified atom stereocenters. The highest BCUT2D eigenvalue weighted by atomic mass is 35.5. The fraction of sp³-hybridized carbons (Fsp3) is 0. The average molecular weight is 221 g/mol.